The lowest BCUT2D eigenvalue weighted by Gasteiger charge is -2.18. The van der Waals surface area contributed by atoms with Crippen LogP contribution in [0.1, 0.15) is 26.7 Å². The highest BCUT2D eigenvalue weighted by atomic mass is 79.9. The summed E-state index contributed by atoms with van der Waals surface area (Å²) in [6.45, 7) is 4.15. The summed E-state index contributed by atoms with van der Waals surface area (Å²) in [6, 6.07) is -0.264. The van der Waals surface area contributed by atoms with Crippen LogP contribution in [0.15, 0.2) is 0 Å². The van der Waals surface area contributed by atoms with Crippen LogP contribution in [0.3, 0.4) is 0 Å². The number of nitrogens with zero attached hydrogens (tertiary/aromatic N) is 1. The van der Waals surface area contributed by atoms with Gasteiger partial charge in [0.1, 0.15) is 5.54 Å². The second kappa shape index (κ2) is 4.29. The van der Waals surface area contributed by atoms with Crippen LogP contribution in [0.25, 0.3) is 0 Å². The van der Waals surface area contributed by atoms with Crippen molar-refractivity contribution >= 4 is 27.9 Å². The zero-order chi connectivity index (χ0) is 10.8. The fourth-order valence-corrected chi connectivity index (χ4v) is 1.66. The van der Waals surface area contributed by atoms with Crippen LogP contribution in [0.4, 0.5) is 4.79 Å². The van der Waals surface area contributed by atoms with Crippen LogP contribution >= 0.6 is 15.9 Å². The Hall–Kier alpha value is -0.580. The minimum atomic E-state index is -0.691. The van der Waals surface area contributed by atoms with E-state index in [0.717, 1.165) is 11.8 Å². The molecule has 4 nitrogen and oxygen atoms in total. The number of carbonyl (C=O) groups excluding carboxylic acids is 2. The highest BCUT2D eigenvalue weighted by Gasteiger charge is 2.45. The van der Waals surface area contributed by atoms with Gasteiger partial charge >= 0.3 is 6.03 Å². The summed E-state index contributed by atoms with van der Waals surface area (Å²) in [5, 5.41) is 3.51. The van der Waals surface area contributed by atoms with Gasteiger partial charge in [-0.15, -0.1) is 0 Å². The maximum absolute atomic E-state index is 11.8. The van der Waals surface area contributed by atoms with E-state index >= 15 is 0 Å². The summed E-state index contributed by atoms with van der Waals surface area (Å²) in [6.07, 6.45) is 1.42. The quantitative estimate of drug-likeness (QED) is 0.617. The van der Waals surface area contributed by atoms with Crippen LogP contribution < -0.4 is 5.32 Å². The molecule has 1 atom stereocenters. The van der Waals surface area contributed by atoms with Crippen LogP contribution in [0.2, 0.25) is 0 Å². The van der Waals surface area contributed by atoms with Gasteiger partial charge in [0, 0.05) is 11.9 Å². The molecule has 0 aromatic rings. The highest BCUT2D eigenvalue weighted by molar-refractivity contribution is 9.09. The summed E-state index contributed by atoms with van der Waals surface area (Å²) >= 11 is 3.27. The molecule has 0 spiro atoms. The summed E-state index contributed by atoms with van der Waals surface area (Å²) in [5.41, 5.74) is -0.691. The summed E-state index contributed by atoms with van der Waals surface area (Å²) in [4.78, 5) is 24.5. The van der Waals surface area contributed by atoms with Crippen molar-refractivity contribution in [2.45, 2.75) is 32.2 Å². The smallest absolute Gasteiger partial charge is 0.323 e. The zero-order valence-corrected chi connectivity index (χ0v) is 10.1. The van der Waals surface area contributed by atoms with Crippen LogP contribution in [0, 0.1) is 0 Å². The van der Waals surface area contributed by atoms with E-state index in [1.54, 1.807) is 6.92 Å². The van der Waals surface area contributed by atoms with Gasteiger partial charge < -0.3 is 5.32 Å². The lowest BCUT2D eigenvalue weighted by Crippen LogP contribution is -2.43. The summed E-state index contributed by atoms with van der Waals surface area (Å²) in [5.74, 6) is -0.106. The number of alkyl halides is 1. The molecule has 1 heterocycles. The van der Waals surface area contributed by atoms with Gasteiger partial charge in [-0.1, -0.05) is 22.9 Å². The Morgan fingerprint density at radius 2 is 2.14 bits per heavy atom. The fourth-order valence-electron chi connectivity index (χ4n) is 1.41. The molecule has 1 saturated heterocycles. The van der Waals surface area contributed by atoms with E-state index in [4.69, 9.17) is 0 Å². The van der Waals surface area contributed by atoms with E-state index < -0.39 is 5.54 Å². The van der Waals surface area contributed by atoms with Gasteiger partial charge in [0.05, 0.1) is 0 Å². The molecule has 0 aromatic heterocycles. The Morgan fingerprint density at radius 3 is 2.57 bits per heavy atom. The first kappa shape index (κ1) is 11.5. The Bertz CT molecular complexity index is 257. The van der Waals surface area contributed by atoms with Crippen molar-refractivity contribution in [2.75, 3.05) is 11.9 Å². The average molecular weight is 263 g/mol. The molecular formula is C9H15BrN2O2. The van der Waals surface area contributed by atoms with Gasteiger partial charge in [-0.05, 0) is 19.8 Å². The van der Waals surface area contributed by atoms with Crippen molar-refractivity contribution in [3.63, 3.8) is 0 Å². The molecule has 80 valence electrons. The van der Waals surface area contributed by atoms with Crippen LogP contribution in [0.5, 0.6) is 0 Å². The van der Waals surface area contributed by atoms with Gasteiger partial charge in [0.25, 0.3) is 5.91 Å². The van der Waals surface area contributed by atoms with Gasteiger partial charge in [0.2, 0.25) is 0 Å². The number of carbonyl (C=O) groups is 2. The predicted molar refractivity (Wildman–Crippen MR) is 57.4 cm³/mol. The largest absolute Gasteiger partial charge is 0.325 e. The molecule has 14 heavy (non-hydrogen) atoms. The number of hydrogen-bond donors (Lipinski definition) is 1. The second-order valence-electron chi connectivity index (χ2n) is 3.62. The molecule has 1 rings (SSSR count). The minimum Gasteiger partial charge on any atom is -0.323 e. The number of amides is 3. The van der Waals surface area contributed by atoms with E-state index in [1.807, 2.05) is 6.92 Å². The van der Waals surface area contributed by atoms with E-state index in [0.29, 0.717) is 13.0 Å². The molecule has 1 aliphatic rings. The van der Waals surface area contributed by atoms with Crippen molar-refractivity contribution in [2.24, 2.45) is 0 Å². The van der Waals surface area contributed by atoms with Crippen molar-refractivity contribution in [1.82, 2.24) is 10.2 Å². The van der Waals surface area contributed by atoms with Gasteiger partial charge in [0.15, 0.2) is 0 Å². The first-order chi connectivity index (χ1) is 6.55. The first-order valence-corrected chi connectivity index (χ1v) is 5.87. The van der Waals surface area contributed by atoms with E-state index in [-0.39, 0.29) is 11.9 Å². The molecule has 1 fully saturated rings. The molecule has 0 radical (unpaired) electrons. The molecule has 0 aromatic carbocycles. The van der Waals surface area contributed by atoms with Crippen molar-refractivity contribution in [1.29, 1.82) is 0 Å². The summed E-state index contributed by atoms with van der Waals surface area (Å²) < 4.78 is 0. The number of imide groups is 1. The highest BCUT2D eigenvalue weighted by Crippen LogP contribution is 2.20. The Kier molecular flexibility index (Phi) is 3.53. The Labute approximate surface area is 92.2 Å². The summed E-state index contributed by atoms with van der Waals surface area (Å²) in [7, 11) is 0. The molecule has 1 unspecified atom stereocenters. The number of hydrogen-bond acceptors (Lipinski definition) is 2. The minimum absolute atomic E-state index is 0.106. The van der Waals surface area contributed by atoms with Crippen molar-refractivity contribution in [3.05, 3.63) is 0 Å². The van der Waals surface area contributed by atoms with Gasteiger partial charge in [-0.3, -0.25) is 9.69 Å². The Balaban J connectivity index is 2.70. The zero-order valence-electron chi connectivity index (χ0n) is 8.47. The SMILES string of the molecule is CCC1(C)NC(=O)N(CCCBr)C1=O. The predicted octanol–water partition coefficient (Wildman–Crippen LogP) is 1.49. The molecule has 0 saturated carbocycles. The molecular weight excluding hydrogens is 248 g/mol. The van der Waals surface area contributed by atoms with Crippen LogP contribution in [-0.4, -0.2) is 34.3 Å². The average Bonchev–Trinajstić information content (AvgIpc) is 2.37. The molecule has 1 N–H and O–H groups in total. The number of urea groups is 1. The standard InChI is InChI=1S/C9H15BrN2O2/c1-3-9(2)7(13)12(6-4-5-10)8(14)11-9/h3-6H2,1-2H3,(H,11,14). The lowest BCUT2D eigenvalue weighted by atomic mass is 9.99. The molecule has 3 amide bonds. The van der Waals surface area contributed by atoms with E-state index in [1.165, 1.54) is 4.90 Å². The van der Waals surface area contributed by atoms with Gasteiger partial charge in [-0.2, -0.15) is 0 Å². The third-order valence-electron chi connectivity index (χ3n) is 2.57. The fraction of sp³-hybridized carbons (Fsp3) is 0.778. The van der Waals surface area contributed by atoms with E-state index in [9.17, 15) is 9.59 Å². The monoisotopic (exact) mass is 262 g/mol. The third-order valence-corrected chi connectivity index (χ3v) is 3.13. The first-order valence-electron chi connectivity index (χ1n) is 4.75. The normalized spacial score (nSPS) is 26.9. The molecule has 0 bridgehead atoms. The maximum atomic E-state index is 11.8. The van der Waals surface area contributed by atoms with Gasteiger partial charge in [-0.25, -0.2) is 4.79 Å². The lowest BCUT2D eigenvalue weighted by molar-refractivity contribution is -0.130. The second-order valence-corrected chi connectivity index (χ2v) is 4.41. The topological polar surface area (TPSA) is 49.4 Å². The third kappa shape index (κ3) is 1.92. The van der Waals surface area contributed by atoms with Crippen molar-refractivity contribution < 1.29 is 9.59 Å². The number of rotatable bonds is 4. The maximum Gasteiger partial charge on any atom is 0.325 e. The molecule has 0 aliphatic carbocycles. The van der Waals surface area contributed by atoms with Crippen molar-refractivity contribution in [3.8, 4) is 0 Å². The number of nitrogens with one attached hydrogen (secondary N) is 1. The Morgan fingerprint density at radius 1 is 1.50 bits per heavy atom. The van der Waals surface area contributed by atoms with E-state index in [2.05, 4.69) is 21.2 Å². The molecule has 5 heteroatoms. The van der Waals surface area contributed by atoms with Crippen LogP contribution in [-0.2, 0) is 4.79 Å². The number of halogens is 1. The molecule has 1 aliphatic heterocycles.